The van der Waals surface area contributed by atoms with Gasteiger partial charge in [0.2, 0.25) is 0 Å². The molecule has 67 heavy (non-hydrogen) atoms. The predicted octanol–water partition coefficient (Wildman–Crippen LogP) is 0.363. The molecule has 6 fully saturated rings. The van der Waals surface area contributed by atoms with E-state index in [0.29, 0.717) is 25.7 Å². The van der Waals surface area contributed by atoms with Crippen molar-refractivity contribution < 1.29 is 89.7 Å². The molecule has 7 rings (SSSR count). The summed E-state index contributed by atoms with van der Waals surface area (Å²) in [5, 5.41) is 128. The number of ether oxygens (including phenoxy) is 6. The summed E-state index contributed by atoms with van der Waals surface area (Å²) in [6, 6.07) is 0. The van der Waals surface area contributed by atoms with Crippen molar-refractivity contribution in [3.63, 3.8) is 0 Å². The van der Waals surface area contributed by atoms with E-state index in [4.69, 9.17) is 28.4 Å². The van der Waals surface area contributed by atoms with Crippen LogP contribution >= 0.6 is 0 Å². The van der Waals surface area contributed by atoms with Crippen molar-refractivity contribution >= 4 is 0 Å². The molecular weight excluding hydrogens is 877 g/mol. The molecule has 18 heteroatoms. The Morgan fingerprint density at radius 2 is 1.37 bits per heavy atom. The van der Waals surface area contributed by atoms with Crippen LogP contribution in [0.2, 0.25) is 0 Å². The Morgan fingerprint density at radius 1 is 0.761 bits per heavy atom. The van der Waals surface area contributed by atoms with Gasteiger partial charge in [0.05, 0.1) is 49.8 Å². The SMILES string of the molecule is CC[C@@]12CCC([C@H](C)CC[C@@H](O[C@H]3C[C@@H](O)[C@H](O)[C@@H](CO[C@H]4O[C@H](CO)[C@@H](O)[C@H](O)[C@H]4O)O3)C(C)(C)O)[C@@]1(C)C[C@@H](O)[C@@]1(C)C3CC[C@H](O[C@@H]4O[C@H](CO)[C@@H](O)[C@H](O)[C@H]4O)C(C)(C)C3=CCC12. The smallest absolute Gasteiger partial charge is 0.187 e. The van der Waals surface area contributed by atoms with E-state index in [1.165, 1.54) is 5.57 Å². The third-order valence-corrected chi connectivity index (χ3v) is 18.8. The van der Waals surface area contributed by atoms with Crippen molar-refractivity contribution in [2.75, 3.05) is 19.8 Å². The summed E-state index contributed by atoms with van der Waals surface area (Å²) in [5.74, 6) is 0.746. The Bertz CT molecular complexity index is 1690. The lowest BCUT2D eigenvalue weighted by Crippen LogP contribution is -2.65. The van der Waals surface area contributed by atoms with Crippen molar-refractivity contribution in [1.82, 2.24) is 0 Å². The molecule has 0 bridgehead atoms. The Balaban J connectivity index is 1.02. The van der Waals surface area contributed by atoms with Gasteiger partial charge in [0, 0.05) is 17.3 Å². The number of allylic oxidation sites excluding steroid dienone is 1. The molecular formula is C49H84O18. The maximum atomic E-state index is 12.7. The third kappa shape index (κ3) is 9.37. The van der Waals surface area contributed by atoms with Crippen LogP contribution in [-0.2, 0) is 28.4 Å². The van der Waals surface area contributed by atoms with Crippen LogP contribution < -0.4 is 0 Å². The third-order valence-electron chi connectivity index (χ3n) is 18.8. The summed E-state index contributed by atoms with van der Waals surface area (Å²) >= 11 is 0. The molecule has 0 radical (unpaired) electrons. The van der Waals surface area contributed by atoms with Crippen LogP contribution in [-0.4, -0.2) is 191 Å². The van der Waals surface area contributed by atoms with Gasteiger partial charge in [0.1, 0.15) is 61.0 Å². The molecule has 3 saturated heterocycles. The van der Waals surface area contributed by atoms with Gasteiger partial charge in [-0.3, -0.25) is 0 Å². The molecule has 0 aromatic heterocycles. The maximum Gasteiger partial charge on any atom is 0.187 e. The van der Waals surface area contributed by atoms with Gasteiger partial charge < -0.3 is 89.7 Å². The summed E-state index contributed by atoms with van der Waals surface area (Å²) in [6.07, 6.45) is -11.7. The molecule has 0 spiro atoms. The Morgan fingerprint density at radius 3 is 1.97 bits per heavy atom. The molecule has 3 saturated carbocycles. The van der Waals surface area contributed by atoms with Crippen LogP contribution in [0.15, 0.2) is 11.6 Å². The first kappa shape index (κ1) is 53.8. The molecule has 7 aliphatic rings. The highest BCUT2D eigenvalue weighted by Crippen LogP contribution is 2.76. The standard InChI is InChI=1S/C49H84O18/c1-9-49-17-16-24(23(2)10-14-34(46(5,6)61)66-35-18-27(52)36(54)30(63-35)22-62-43-41(59)39(57)37(55)28(20-50)64-43)47(49,7)19-32(53)48(8)26-12-15-33(45(3,4)25(26)11-13-31(48)49)67-44-42(60)40(58)38(56)29(21-51)65-44/h11,23-24,26-44,50-61H,9-10,12-22H2,1-8H3/t23-,24?,26?,27-,28-,29-,30-,31?,32-,33+,34-,35+,36+,37-,38-,39+,40+,41-,42-,43+,44+,47-,48+,49+/m1/s1. The van der Waals surface area contributed by atoms with Gasteiger partial charge in [0.15, 0.2) is 18.9 Å². The van der Waals surface area contributed by atoms with E-state index in [9.17, 15) is 61.3 Å². The predicted molar refractivity (Wildman–Crippen MR) is 238 cm³/mol. The number of aliphatic hydroxyl groups is 12. The van der Waals surface area contributed by atoms with Crippen molar-refractivity contribution in [3.05, 3.63) is 11.6 Å². The number of hydrogen-bond acceptors (Lipinski definition) is 18. The molecule has 12 N–H and O–H groups in total. The number of fused-ring (bicyclic) bond motifs is 5. The first-order valence-electron chi connectivity index (χ1n) is 25.0. The molecule has 3 unspecified atom stereocenters. The molecule has 0 amide bonds. The van der Waals surface area contributed by atoms with Gasteiger partial charge in [-0.25, -0.2) is 0 Å². The minimum absolute atomic E-state index is 0.0541. The highest BCUT2D eigenvalue weighted by atomic mass is 16.7. The zero-order valence-corrected chi connectivity index (χ0v) is 40.7. The molecule has 388 valence electrons. The van der Waals surface area contributed by atoms with E-state index in [1.54, 1.807) is 13.8 Å². The van der Waals surface area contributed by atoms with E-state index in [-0.39, 0.29) is 40.9 Å². The van der Waals surface area contributed by atoms with Gasteiger partial charge in [-0.15, -0.1) is 0 Å². The summed E-state index contributed by atoms with van der Waals surface area (Å²) in [4.78, 5) is 0. The summed E-state index contributed by atoms with van der Waals surface area (Å²) in [5.41, 5.74) is -1.27. The fourth-order valence-corrected chi connectivity index (χ4v) is 14.7. The Labute approximate surface area is 395 Å². The number of rotatable bonds is 15. The molecule has 3 aliphatic heterocycles. The van der Waals surface area contributed by atoms with Crippen molar-refractivity contribution in [2.24, 2.45) is 45.3 Å². The summed E-state index contributed by atoms with van der Waals surface area (Å²) in [6.45, 7) is 15.2. The topological polar surface area (TPSA) is 298 Å². The van der Waals surface area contributed by atoms with Gasteiger partial charge in [0.25, 0.3) is 0 Å². The Kier molecular flexibility index (Phi) is 16.2. The monoisotopic (exact) mass is 961 g/mol. The molecule has 0 aromatic carbocycles. The second kappa shape index (κ2) is 20.1. The molecule has 18 nitrogen and oxygen atoms in total. The van der Waals surface area contributed by atoms with Crippen LogP contribution in [0.5, 0.6) is 0 Å². The normalized spacial score (nSPS) is 49.9. The zero-order valence-electron chi connectivity index (χ0n) is 40.7. The van der Waals surface area contributed by atoms with Crippen molar-refractivity contribution in [1.29, 1.82) is 0 Å². The lowest BCUT2D eigenvalue weighted by molar-refractivity contribution is -0.324. The lowest BCUT2D eigenvalue weighted by Gasteiger charge is -2.68. The van der Waals surface area contributed by atoms with Gasteiger partial charge in [-0.05, 0) is 106 Å². The highest BCUT2D eigenvalue weighted by molar-refractivity contribution is 5.32. The minimum atomic E-state index is -1.66. The second-order valence-electron chi connectivity index (χ2n) is 23.0. The van der Waals surface area contributed by atoms with E-state index in [2.05, 4.69) is 47.6 Å². The molecule has 4 aliphatic carbocycles. The summed E-state index contributed by atoms with van der Waals surface area (Å²) in [7, 11) is 0. The minimum Gasteiger partial charge on any atom is -0.394 e. The van der Waals surface area contributed by atoms with Crippen molar-refractivity contribution in [3.8, 4) is 0 Å². The fourth-order valence-electron chi connectivity index (χ4n) is 14.7. The van der Waals surface area contributed by atoms with E-state index < -0.39 is 141 Å². The molecule has 24 atom stereocenters. The fraction of sp³-hybridized carbons (Fsp3) is 0.959. The lowest BCUT2D eigenvalue weighted by atomic mass is 9.37. The van der Waals surface area contributed by atoms with Crippen LogP contribution in [0.1, 0.15) is 120 Å². The van der Waals surface area contributed by atoms with Crippen LogP contribution in [0.4, 0.5) is 0 Å². The van der Waals surface area contributed by atoms with Gasteiger partial charge in [-0.2, -0.15) is 0 Å². The van der Waals surface area contributed by atoms with Crippen LogP contribution in [0.3, 0.4) is 0 Å². The van der Waals surface area contributed by atoms with E-state index in [1.807, 2.05) is 0 Å². The van der Waals surface area contributed by atoms with E-state index >= 15 is 0 Å². The zero-order chi connectivity index (χ0) is 49.3. The Hall–Kier alpha value is -0.980. The largest absolute Gasteiger partial charge is 0.394 e. The number of hydrogen-bond donors (Lipinski definition) is 12. The van der Waals surface area contributed by atoms with Crippen LogP contribution in [0, 0.1) is 45.3 Å². The van der Waals surface area contributed by atoms with Crippen molar-refractivity contribution in [2.45, 2.75) is 230 Å². The molecule has 3 heterocycles. The average molecular weight is 961 g/mol. The highest BCUT2D eigenvalue weighted by Gasteiger charge is 2.71. The van der Waals surface area contributed by atoms with Gasteiger partial charge >= 0.3 is 0 Å². The first-order valence-corrected chi connectivity index (χ1v) is 25.0. The summed E-state index contributed by atoms with van der Waals surface area (Å²) < 4.78 is 35.8. The first-order chi connectivity index (χ1) is 31.3. The average Bonchev–Trinajstić information content (AvgIpc) is 3.58. The number of aliphatic hydroxyl groups excluding tert-OH is 11. The van der Waals surface area contributed by atoms with Crippen LogP contribution in [0.25, 0.3) is 0 Å². The quantitative estimate of drug-likeness (QED) is 0.0987. The molecule has 0 aromatic rings. The van der Waals surface area contributed by atoms with Gasteiger partial charge in [-0.1, -0.05) is 53.2 Å². The van der Waals surface area contributed by atoms with E-state index in [0.717, 1.165) is 32.1 Å². The second-order valence-corrected chi connectivity index (χ2v) is 23.0. The maximum absolute atomic E-state index is 12.7.